The molecule has 1 saturated heterocycles. The second-order valence-corrected chi connectivity index (χ2v) is 6.69. The Morgan fingerprint density at radius 2 is 2.09 bits per heavy atom. The zero-order chi connectivity index (χ0) is 17.4. The molecule has 0 aromatic rings. The first-order valence-corrected chi connectivity index (χ1v) is 8.22. The first-order valence-electron chi connectivity index (χ1n) is 7.39. The first-order chi connectivity index (χ1) is 10.8. The highest BCUT2D eigenvalue weighted by Crippen LogP contribution is 2.52. The predicted molar refractivity (Wildman–Crippen MR) is 79.2 cm³/mol. The van der Waals surface area contributed by atoms with Crippen molar-refractivity contribution in [3.63, 3.8) is 0 Å². The number of hydrogen-bond donors (Lipinski definition) is 3. The maximum Gasteiger partial charge on any atom is 0.311 e. The smallest absolute Gasteiger partial charge is 0.311 e. The van der Waals surface area contributed by atoms with Crippen LogP contribution in [-0.2, 0) is 23.8 Å². The van der Waals surface area contributed by atoms with Crippen LogP contribution in [0.25, 0.3) is 0 Å². The Hall–Kier alpha value is -0.870. The Morgan fingerprint density at radius 3 is 2.61 bits per heavy atom. The summed E-state index contributed by atoms with van der Waals surface area (Å²) in [5, 5.41) is 21.1. The molecule has 1 aliphatic carbocycles. The van der Waals surface area contributed by atoms with Crippen molar-refractivity contribution in [3.8, 4) is 0 Å². The molecular weight excluding hydrogens is 328 g/mol. The Labute approximate surface area is 138 Å². The number of aliphatic hydroxyl groups excluding tert-OH is 1. The molecule has 7 atom stereocenters. The molecule has 23 heavy (non-hydrogen) atoms. The largest absolute Gasteiger partial charge is 0.469 e. The number of hydrogen-bond acceptors (Lipinski definition) is 9. The molecule has 0 bridgehead atoms. The van der Waals surface area contributed by atoms with Gasteiger partial charge in [0.1, 0.15) is 17.6 Å². The van der Waals surface area contributed by atoms with Crippen molar-refractivity contribution in [3.05, 3.63) is 0 Å². The van der Waals surface area contributed by atoms with Gasteiger partial charge < -0.3 is 29.0 Å². The average Bonchev–Trinajstić information content (AvgIpc) is 2.74. The van der Waals surface area contributed by atoms with E-state index in [1.165, 1.54) is 14.0 Å². The maximum absolute atomic E-state index is 12.0. The van der Waals surface area contributed by atoms with E-state index in [-0.39, 0.29) is 13.0 Å². The summed E-state index contributed by atoms with van der Waals surface area (Å²) in [7, 11) is 1.22. The zero-order valence-electron chi connectivity index (χ0n) is 13.2. The van der Waals surface area contributed by atoms with Gasteiger partial charge in [0, 0.05) is 30.3 Å². The van der Waals surface area contributed by atoms with Crippen molar-refractivity contribution < 1.29 is 38.6 Å². The quantitative estimate of drug-likeness (QED) is 0.475. The lowest BCUT2D eigenvalue weighted by molar-refractivity contribution is -0.172. The highest BCUT2D eigenvalue weighted by Gasteiger charge is 2.66. The normalized spacial score (nSPS) is 42.9. The molecule has 2 fully saturated rings. The van der Waals surface area contributed by atoms with Crippen molar-refractivity contribution in [2.75, 3.05) is 13.7 Å². The van der Waals surface area contributed by atoms with Gasteiger partial charge in [-0.2, -0.15) is 0 Å². The summed E-state index contributed by atoms with van der Waals surface area (Å²) in [6.45, 7) is 2.92. The maximum atomic E-state index is 12.0. The molecule has 8 nitrogen and oxygen atoms in total. The Kier molecular flexibility index (Phi) is 5.57. The van der Waals surface area contributed by atoms with E-state index < -0.39 is 52.9 Å². The van der Waals surface area contributed by atoms with Crippen molar-refractivity contribution in [1.29, 1.82) is 0 Å². The lowest BCUT2D eigenvalue weighted by Gasteiger charge is -2.41. The minimum Gasteiger partial charge on any atom is -0.469 e. The minimum atomic E-state index is -1.70. The molecule has 0 amide bonds. The standard InChI is InChI=1S/C14H22O8S/c1-4-7(15)22-10-8-6(12(17)20-3)5-21-13(23-19)9(8)14(2,18)11(10)16/h6,8-11,13,16,18-19H,4-5H2,1-3H3/t6?,8-,9-,10+,11+,13?,14-/m1/s1. The van der Waals surface area contributed by atoms with Crippen LogP contribution < -0.4 is 0 Å². The number of esters is 2. The van der Waals surface area contributed by atoms with Crippen LogP contribution >= 0.6 is 12.0 Å². The van der Waals surface area contributed by atoms with Crippen LogP contribution in [0.3, 0.4) is 0 Å². The summed E-state index contributed by atoms with van der Waals surface area (Å²) in [6.07, 6.45) is -2.39. The van der Waals surface area contributed by atoms with E-state index in [4.69, 9.17) is 14.2 Å². The highest BCUT2D eigenvalue weighted by atomic mass is 32.2. The van der Waals surface area contributed by atoms with E-state index in [1.54, 1.807) is 6.92 Å². The monoisotopic (exact) mass is 350 g/mol. The van der Waals surface area contributed by atoms with Gasteiger partial charge in [-0.3, -0.25) is 9.59 Å². The van der Waals surface area contributed by atoms with Crippen LogP contribution in [-0.4, -0.2) is 63.7 Å². The fraction of sp³-hybridized carbons (Fsp3) is 0.857. The SMILES string of the molecule is CCC(=O)O[C@H]1[C@@H]2C(C(=O)OC)COC(SO)[C@@H]2[C@@](C)(O)[C@H]1O. The molecule has 1 aliphatic heterocycles. The molecule has 3 N–H and O–H groups in total. The van der Waals surface area contributed by atoms with Gasteiger partial charge in [0.25, 0.3) is 0 Å². The first kappa shape index (κ1) is 18.5. The second-order valence-electron chi connectivity index (χ2n) is 6.02. The molecular formula is C14H22O8S. The van der Waals surface area contributed by atoms with Crippen LogP contribution in [0.1, 0.15) is 20.3 Å². The molecule has 2 unspecified atom stereocenters. The molecule has 0 spiro atoms. The summed E-state index contributed by atoms with van der Waals surface area (Å²) < 4.78 is 24.9. The minimum absolute atomic E-state index is 0.0605. The summed E-state index contributed by atoms with van der Waals surface area (Å²) in [5.41, 5.74) is -2.55. The van der Waals surface area contributed by atoms with Crippen LogP contribution in [0.15, 0.2) is 0 Å². The van der Waals surface area contributed by atoms with Gasteiger partial charge in [0.2, 0.25) is 0 Å². The molecule has 2 rings (SSSR count). The van der Waals surface area contributed by atoms with Crippen molar-refractivity contribution in [2.24, 2.45) is 17.8 Å². The van der Waals surface area contributed by atoms with Gasteiger partial charge in [-0.25, -0.2) is 0 Å². The summed E-state index contributed by atoms with van der Waals surface area (Å²) in [6, 6.07) is 0. The molecule has 1 saturated carbocycles. The second kappa shape index (κ2) is 6.94. The molecule has 0 aromatic carbocycles. The Balaban J connectivity index is 2.42. The zero-order valence-corrected chi connectivity index (χ0v) is 14.0. The molecule has 1 heterocycles. The number of methoxy groups -OCH3 is 1. The molecule has 132 valence electrons. The van der Waals surface area contributed by atoms with Crippen molar-refractivity contribution >= 4 is 24.0 Å². The Morgan fingerprint density at radius 1 is 1.43 bits per heavy atom. The lowest BCUT2D eigenvalue weighted by atomic mass is 9.77. The average molecular weight is 350 g/mol. The number of ether oxygens (including phenoxy) is 3. The van der Waals surface area contributed by atoms with Gasteiger partial charge in [0.05, 0.1) is 25.2 Å². The van der Waals surface area contributed by atoms with Crippen molar-refractivity contribution in [2.45, 2.75) is 43.5 Å². The molecule has 0 radical (unpaired) electrons. The fourth-order valence-corrected chi connectivity index (χ4v) is 4.26. The predicted octanol–water partition coefficient (Wildman–Crippen LogP) is 0.0178. The number of carbonyl (C=O) groups excluding carboxylic acids is 2. The van der Waals surface area contributed by atoms with Crippen LogP contribution in [0.5, 0.6) is 0 Å². The summed E-state index contributed by atoms with van der Waals surface area (Å²) >= 11 is 0.389. The molecule has 2 aliphatic rings. The third-order valence-electron chi connectivity index (χ3n) is 4.74. The number of aliphatic hydroxyl groups is 2. The van der Waals surface area contributed by atoms with Crippen LogP contribution in [0.4, 0.5) is 0 Å². The number of carbonyl (C=O) groups is 2. The van der Waals surface area contributed by atoms with Gasteiger partial charge in [-0.05, 0) is 6.92 Å². The van der Waals surface area contributed by atoms with Crippen LogP contribution in [0, 0.1) is 17.8 Å². The van der Waals surface area contributed by atoms with E-state index in [1.807, 2.05) is 0 Å². The molecule has 9 heteroatoms. The lowest BCUT2D eigenvalue weighted by Crippen LogP contribution is -2.51. The third-order valence-corrected chi connectivity index (χ3v) is 5.38. The summed E-state index contributed by atoms with van der Waals surface area (Å²) in [4.78, 5) is 23.7. The van der Waals surface area contributed by atoms with E-state index in [2.05, 4.69) is 0 Å². The number of fused-ring (bicyclic) bond motifs is 1. The Bertz CT molecular complexity index is 468. The van der Waals surface area contributed by atoms with Gasteiger partial charge in [0.15, 0.2) is 0 Å². The number of rotatable bonds is 4. The third kappa shape index (κ3) is 3.08. The van der Waals surface area contributed by atoms with Crippen molar-refractivity contribution in [1.82, 2.24) is 0 Å². The topological polar surface area (TPSA) is 123 Å². The van der Waals surface area contributed by atoms with Gasteiger partial charge in [-0.1, -0.05) is 6.92 Å². The van der Waals surface area contributed by atoms with Gasteiger partial charge >= 0.3 is 11.9 Å². The molecule has 0 aromatic heterocycles. The highest BCUT2D eigenvalue weighted by molar-refractivity contribution is 7.94. The van der Waals surface area contributed by atoms with E-state index in [0.717, 1.165) is 0 Å². The van der Waals surface area contributed by atoms with E-state index in [9.17, 15) is 24.4 Å². The summed E-state index contributed by atoms with van der Waals surface area (Å²) in [5.74, 6) is -3.47. The fourth-order valence-electron chi connectivity index (χ4n) is 3.53. The van der Waals surface area contributed by atoms with Gasteiger partial charge in [-0.15, -0.1) is 0 Å². The van der Waals surface area contributed by atoms with E-state index >= 15 is 0 Å². The van der Waals surface area contributed by atoms with Crippen LogP contribution in [0.2, 0.25) is 0 Å². The van der Waals surface area contributed by atoms with E-state index in [0.29, 0.717) is 12.0 Å².